The van der Waals surface area contributed by atoms with E-state index < -0.39 is 10.0 Å². The van der Waals surface area contributed by atoms with Crippen molar-refractivity contribution in [3.8, 4) is 0 Å². The van der Waals surface area contributed by atoms with Gasteiger partial charge in [-0.1, -0.05) is 54.6 Å². The number of amides is 1. The summed E-state index contributed by atoms with van der Waals surface area (Å²) in [6.07, 6.45) is 0.761. The summed E-state index contributed by atoms with van der Waals surface area (Å²) >= 11 is 1.71. The maximum atomic E-state index is 13.9. The molecule has 8 heteroatoms. The second-order valence-corrected chi connectivity index (χ2v) is 12.2. The van der Waals surface area contributed by atoms with Gasteiger partial charge in [-0.3, -0.25) is 4.79 Å². The smallest absolute Gasteiger partial charge is 0.243 e. The van der Waals surface area contributed by atoms with Crippen LogP contribution < -0.4 is 0 Å². The van der Waals surface area contributed by atoms with E-state index in [1.165, 1.54) is 16.3 Å². The average molecular weight is 535 g/mol. The zero-order valence-electron chi connectivity index (χ0n) is 21.0. The molecule has 1 atom stereocenters. The molecule has 1 aliphatic rings. The Balaban J connectivity index is 1.48. The van der Waals surface area contributed by atoms with Crippen LogP contribution in [0.25, 0.3) is 10.8 Å². The Kier molecular flexibility index (Phi) is 7.44. The summed E-state index contributed by atoms with van der Waals surface area (Å²) < 4.78 is 34.0. The van der Waals surface area contributed by atoms with Crippen LogP contribution in [-0.4, -0.2) is 56.9 Å². The number of fused-ring (bicyclic) bond motifs is 2. The van der Waals surface area contributed by atoms with E-state index in [0.29, 0.717) is 6.54 Å². The van der Waals surface area contributed by atoms with E-state index in [1.807, 2.05) is 54.3 Å². The molecule has 1 amide bonds. The van der Waals surface area contributed by atoms with E-state index in [9.17, 15) is 13.2 Å². The second-order valence-electron chi connectivity index (χ2n) is 9.24. The molecule has 37 heavy (non-hydrogen) atoms. The molecule has 192 valence electrons. The maximum Gasteiger partial charge on any atom is 0.243 e. The van der Waals surface area contributed by atoms with Crippen LogP contribution in [0.4, 0.5) is 0 Å². The fraction of sp³-hybridized carbons (Fsp3) is 0.276. The first-order valence-corrected chi connectivity index (χ1v) is 14.6. The summed E-state index contributed by atoms with van der Waals surface area (Å²) in [5, 5.41) is 3.86. The molecule has 6 nitrogen and oxygen atoms in total. The number of methoxy groups -OCH3 is 1. The fourth-order valence-corrected chi connectivity index (χ4v) is 7.32. The van der Waals surface area contributed by atoms with Crippen LogP contribution in [0.5, 0.6) is 0 Å². The Morgan fingerprint density at radius 2 is 1.78 bits per heavy atom. The van der Waals surface area contributed by atoms with Gasteiger partial charge in [0.25, 0.3) is 0 Å². The number of aryl methyl sites for hydroxylation is 1. The van der Waals surface area contributed by atoms with E-state index in [2.05, 4.69) is 17.5 Å². The zero-order chi connectivity index (χ0) is 26.0. The molecule has 4 aromatic rings. The van der Waals surface area contributed by atoms with Crippen LogP contribution in [0.2, 0.25) is 0 Å². The van der Waals surface area contributed by atoms with Gasteiger partial charge in [-0.25, -0.2) is 8.42 Å². The van der Waals surface area contributed by atoms with Crippen molar-refractivity contribution in [2.45, 2.75) is 24.3 Å². The molecule has 0 saturated carbocycles. The molecular formula is C29H30N2O4S2. The third-order valence-corrected chi connectivity index (χ3v) is 9.82. The standard InChI is InChI=1S/C29H30N2O4S2/c1-21-7-3-6-10-25(21)29-26-14-18-36-27(26)13-15-31(29)28(32)20-30(16-17-35-2)37(33,34)24-12-11-22-8-4-5-9-23(22)19-24/h3-12,14,18-19,29H,13,15-17,20H2,1-2H3/t29-/m1/s1. The molecule has 1 aliphatic heterocycles. The largest absolute Gasteiger partial charge is 0.383 e. The highest BCUT2D eigenvalue weighted by molar-refractivity contribution is 7.89. The molecule has 0 fully saturated rings. The molecule has 0 aliphatic carbocycles. The van der Waals surface area contributed by atoms with Crippen molar-refractivity contribution < 1.29 is 17.9 Å². The van der Waals surface area contributed by atoms with Gasteiger partial charge in [0.1, 0.15) is 0 Å². The predicted molar refractivity (Wildman–Crippen MR) is 147 cm³/mol. The highest BCUT2D eigenvalue weighted by Gasteiger charge is 2.36. The van der Waals surface area contributed by atoms with Crippen LogP contribution in [0, 0.1) is 6.92 Å². The zero-order valence-corrected chi connectivity index (χ0v) is 22.6. The molecule has 2 heterocycles. The molecular weight excluding hydrogens is 504 g/mol. The SMILES string of the molecule is COCCN(CC(=O)N1CCc2sccc2[C@H]1c1ccccc1C)S(=O)(=O)c1ccc2ccccc2c1. The van der Waals surface area contributed by atoms with E-state index in [0.717, 1.165) is 33.9 Å². The molecule has 0 N–H and O–H groups in total. The van der Waals surface area contributed by atoms with Gasteiger partial charge in [0.15, 0.2) is 0 Å². The molecule has 1 aromatic heterocycles. The fourth-order valence-electron chi connectivity index (χ4n) is 5.01. The predicted octanol–water partition coefficient (Wildman–Crippen LogP) is 5.02. The number of nitrogens with zero attached hydrogens (tertiary/aromatic N) is 2. The van der Waals surface area contributed by atoms with Crippen LogP contribution >= 0.6 is 11.3 Å². The number of carbonyl (C=O) groups excluding carboxylic acids is 1. The van der Waals surface area contributed by atoms with Crippen molar-refractivity contribution in [1.82, 2.24) is 9.21 Å². The lowest BCUT2D eigenvalue weighted by Crippen LogP contribution is -2.47. The van der Waals surface area contributed by atoms with E-state index in [4.69, 9.17) is 4.74 Å². The lowest BCUT2D eigenvalue weighted by Gasteiger charge is -2.38. The first-order valence-electron chi connectivity index (χ1n) is 12.3. The van der Waals surface area contributed by atoms with Crippen molar-refractivity contribution in [1.29, 1.82) is 0 Å². The summed E-state index contributed by atoms with van der Waals surface area (Å²) in [5.74, 6) is -0.217. The van der Waals surface area contributed by atoms with Crippen molar-refractivity contribution in [3.63, 3.8) is 0 Å². The highest BCUT2D eigenvalue weighted by atomic mass is 32.2. The summed E-state index contributed by atoms with van der Waals surface area (Å²) in [6, 6.07) is 22.6. The Labute approximate surface area is 222 Å². The van der Waals surface area contributed by atoms with Gasteiger partial charge < -0.3 is 9.64 Å². The number of thiophene rings is 1. The van der Waals surface area contributed by atoms with Crippen molar-refractivity contribution >= 4 is 38.0 Å². The topological polar surface area (TPSA) is 66.9 Å². The Bertz CT molecular complexity index is 1530. The number of benzene rings is 3. The highest BCUT2D eigenvalue weighted by Crippen LogP contribution is 2.39. The molecule has 0 saturated heterocycles. The minimum absolute atomic E-state index is 0.0873. The lowest BCUT2D eigenvalue weighted by molar-refractivity contribution is -0.133. The van der Waals surface area contributed by atoms with Crippen LogP contribution in [0.15, 0.2) is 83.1 Å². The summed E-state index contributed by atoms with van der Waals surface area (Å²) in [6.45, 7) is 2.62. The molecule has 0 spiro atoms. The number of rotatable bonds is 8. The lowest BCUT2D eigenvalue weighted by atomic mass is 9.90. The average Bonchev–Trinajstić information content (AvgIpc) is 3.39. The summed E-state index contributed by atoms with van der Waals surface area (Å²) in [5.41, 5.74) is 3.29. The number of hydrogen-bond acceptors (Lipinski definition) is 5. The number of ether oxygens (including phenoxy) is 1. The van der Waals surface area contributed by atoms with Crippen LogP contribution in [0.3, 0.4) is 0 Å². The van der Waals surface area contributed by atoms with Crippen molar-refractivity contribution in [3.05, 3.63) is 99.7 Å². The second kappa shape index (κ2) is 10.8. The Morgan fingerprint density at radius 3 is 2.57 bits per heavy atom. The normalized spacial score (nSPS) is 15.8. The quantitative estimate of drug-likeness (QED) is 0.318. The maximum absolute atomic E-state index is 13.9. The van der Waals surface area contributed by atoms with Gasteiger partial charge in [-0.05, 0) is 64.4 Å². The third-order valence-electron chi connectivity index (χ3n) is 6.98. The van der Waals surface area contributed by atoms with Crippen molar-refractivity contribution in [2.24, 2.45) is 0 Å². The van der Waals surface area contributed by atoms with Gasteiger partial charge in [0, 0.05) is 25.1 Å². The summed E-state index contributed by atoms with van der Waals surface area (Å²) in [7, 11) is -2.40. The molecule has 5 rings (SSSR count). The monoisotopic (exact) mass is 534 g/mol. The molecule has 3 aromatic carbocycles. The van der Waals surface area contributed by atoms with Gasteiger partial charge in [-0.15, -0.1) is 11.3 Å². The summed E-state index contributed by atoms with van der Waals surface area (Å²) in [4.78, 5) is 17.2. The Hall–Kier alpha value is -3.04. The van der Waals surface area contributed by atoms with Gasteiger partial charge in [-0.2, -0.15) is 4.31 Å². The molecule has 0 radical (unpaired) electrons. The third kappa shape index (κ3) is 5.07. The molecule has 0 bridgehead atoms. The van der Waals surface area contributed by atoms with Crippen LogP contribution in [0.1, 0.15) is 27.6 Å². The Morgan fingerprint density at radius 1 is 1.03 bits per heavy atom. The first-order chi connectivity index (χ1) is 17.9. The van der Waals surface area contributed by atoms with E-state index in [-0.39, 0.29) is 36.5 Å². The van der Waals surface area contributed by atoms with E-state index >= 15 is 0 Å². The first kappa shape index (κ1) is 25.6. The minimum Gasteiger partial charge on any atom is -0.383 e. The van der Waals surface area contributed by atoms with Gasteiger partial charge in [0.05, 0.1) is 24.1 Å². The van der Waals surface area contributed by atoms with Crippen LogP contribution in [-0.2, 0) is 26.0 Å². The van der Waals surface area contributed by atoms with E-state index in [1.54, 1.807) is 29.5 Å². The number of sulfonamides is 1. The van der Waals surface area contributed by atoms with Gasteiger partial charge >= 0.3 is 0 Å². The van der Waals surface area contributed by atoms with Gasteiger partial charge in [0.2, 0.25) is 15.9 Å². The minimum atomic E-state index is -3.93. The molecule has 0 unspecified atom stereocenters. The van der Waals surface area contributed by atoms with Crippen molar-refractivity contribution in [2.75, 3.05) is 33.4 Å². The number of carbonyl (C=O) groups is 1. The number of hydrogen-bond donors (Lipinski definition) is 0.